The van der Waals surface area contributed by atoms with Crippen LogP contribution in [0.5, 0.6) is 0 Å². The van der Waals surface area contributed by atoms with Gasteiger partial charge in [-0.05, 0) is 27.2 Å². The van der Waals surface area contributed by atoms with E-state index in [2.05, 4.69) is 5.92 Å². The summed E-state index contributed by atoms with van der Waals surface area (Å²) in [5.74, 6) is 2.10. The van der Waals surface area contributed by atoms with Gasteiger partial charge in [-0.25, -0.2) is 4.79 Å². The van der Waals surface area contributed by atoms with Gasteiger partial charge in [0.05, 0.1) is 12.6 Å². The number of terminal acetylenes is 1. The van der Waals surface area contributed by atoms with Crippen molar-refractivity contribution < 1.29 is 24.1 Å². The lowest BCUT2D eigenvalue weighted by Gasteiger charge is -2.39. The Bertz CT molecular complexity index is 385. The Morgan fingerprint density at radius 2 is 2.19 bits per heavy atom. The van der Waals surface area contributed by atoms with Crippen molar-refractivity contribution >= 4 is 6.09 Å². The number of aliphatic hydroxyl groups is 1. The molecule has 1 aliphatic heterocycles. The number of ether oxygens (including phenoxy) is 3. The first-order valence-electron chi connectivity index (χ1n) is 7.01. The fourth-order valence-electron chi connectivity index (χ4n) is 2.24. The summed E-state index contributed by atoms with van der Waals surface area (Å²) in [5, 5.41) is 9.87. The van der Waals surface area contributed by atoms with Crippen LogP contribution in [0.2, 0.25) is 0 Å². The number of nitrogens with zero attached hydrogens (tertiary/aromatic N) is 1. The van der Waals surface area contributed by atoms with Crippen molar-refractivity contribution in [3.05, 3.63) is 0 Å². The lowest BCUT2D eigenvalue weighted by molar-refractivity contribution is -0.126. The van der Waals surface area contributed by atoms with Gasteiger partial charge in [0.1, 0.15) is 18.5 Å². The molecule has 1 amide bonds. The number of likely N-dealkylation sites (tertiary alicyclic amines) is 1. The van der Waals surface area contributed by atoms with Gasteiger partial charge in [-0.1, -0.05) is 5.92 Å². The van der Waals surface area contributed by atoms with E-state index in [0.717, 1.165) is 0 Å². The molecule has 1 saturated heterocycles. The Morgan fingerprint density at radius 1 is 1.52 bits per heavy atom. The maximum atomic E-state index is 12.1. The average molecular weight is 299 g/mol. The highest BCUT2D eigenvalue weighted by molar-refractivity contribution is 5.68. The summed E-state index contributed by atoms with van der Waals surface area (Å²) in [6, 6.07) is 0. The zero-order valence-electron chi connectivity index (χ0n) is 13.2. The van der Waals surface area contributed by atoms with Crippen molar-refractivity contribution in [2.45, 2.75) is 45.0 Å². The quantitative estimate of drug-likeness (QED) is 0.624. The van der Waals surface area contributed by atoms with E-state index in [1.165, 1.54) is 7.11 Å². The molecule has 0 bridgehead atoms. The number of hydrogen-bond donors (Lipinski definition) is 1. The average Bonchev–Trinajstić information content (AvgIpc) is 2.42. The number of aliphatic hydroxyl groups excluding tert-OH is 1. The molecule has 0 aromatic rings. The predicted octanol–water partition coefficient (Wildman–Crippen LogP) is 1.23. The molecule has 21 heavy (non-hydrogen) atoms. The second-order valence-corrected chi connectivity index (χ2v) is 6.10. The van der Waals surface area contributed by atoms with Gasteiger partial charge in [-0.15, -0.1) is 6.42 Å². The van der Waals surface area contributed by atoms with Crippen molar-refractivity contribution in [1.29, 1.82) is 0 Å². The highest BCUT2D eigenvalue weighted by Crippen LogP contribution is 2.25. The van der Waals surface area contributed by atoms with E-state index < -0.39 is 11.7 Å². The first kappa shape index (κ1) is 17.8. The molecule has 0 aliphatic carbocycles. The molecule has 1 fully saturated rings. The first-order valence-corrected chi connectivity index (χ1v) is 7.01. The van der Waals surface area contributed by atoms with Gasteiger partial charge in [0.15, 0.2) is 0 Å². The van der Waals surface area contributed by atoms with Crippen LogP contribution < -0.4 is 0 Å². The number of rotatable bonds is 4. The van der Waals surface area contributed by atoms with Crippen LogP contribution in [0.4, 0.5) is 4.79 Å². The molecule has 1 aliphatic rings. The predicted molar refractivity (Wildman–Crippen MR) is 77.5 cm³/mol. The van der Waals surface area contributed by atoms with Crippen LogP contribution in [0, 0.1) is 18.3 Å². The Morgan fingerprint density at radius 3 is 2.71 bits per heavy atom. The fraction of sp³-hybridized carbons (Fsp3) is 0.800. The van der Waals surface area contributed by atoms with E-state index in [0.29, 0.717) is 19.5 Å². The minimum Gasteiger partial charge on any atom is -0.444 e. The van der Waals surface area contributed by atoms with Gasteiger partial charge < -0.3 is 24.2 Å². The molecule has 6 heteroatoms. The van der Waals surface area contributed by atoms with E-state index in [-0.39, 0.29) is 24.9 Å². The van der Waals surface area contributed by atoms with E-state index in [1.54, 1.807) is 4.90 Å². The molecule has 0 radical (unpaired) electrons. The van der Waals surface area contributed by atoms with E-state index in [9.17, 15) is 9.90 Å². The Labute approximate surface area is 126 Å². The van der Waals surface area contributed by atoms with E-state index in [4.69, 9.17) is 20.6 Å². The molecule has 1 rings (SSSR count). The highest BCUT2D eigenvalue weighted by atomic mass is 16.7. The normalized spacial score (nSPS) is 24.3. The van der Waals surface area contributed by atoms with Crippen molar-refractivity contribution in [2.24, 2.45) is 5.92 Å². The minimum atomic E-state index is -0.896. The summed E-state index contributed by atoms with van der Waals surface area (Å²) in [7, 11) is 1.51. The lowest BCUT2D eigenvalue weighted by atomic mass is 9.89. The van der Waals surface area contributed by atoms with Crippen LogP contribution in [0.1, 0.15) is 27.2 Å². The molecule has 120 valence electrons. The molecule has 3 unspecified atom stereocenters. The molecular formula is C15H25NO5. The molecule has 3 atom stereocenters. The number of methoxy groups -OCH3 is 1. The monoisotopic (exact) mass is 299 g/mol. The second kappa shape index (κ2) is 7.64. The molecule has 1 N–H and O–H groups in total. The summed E-state index contributed by atoms with van der Waals surface area (Å²) < 4.78 is 15.8. The number of hydrogen-bond acceptors (Lipinski definition) is 5. The summed E-state index contributed by atoms with van der Waals surface area (Å²) in [4.78, 5) is 13.7. The van der Waals surface area contributed by atoms with Crippen LogP contribution in [0.25, 0.3) is 0 Å². The smallest absolute Gasteiger partial charge is 0.410 e. The summed E-state index contributed by atoms with van der Waals surface area (Å²) in [6.45, 7) is 6.34. The molecule has 0 aromatic carbocycles. The number of carbonyl (C=O) groups excluding carboxylic acids is 1. The van der Waals surface area contributed by atoms with Crippen LogP contribution in [-0.2, 0) is 14.2 Å². The molecule has 0 saturated carbocycles. The van der Waals surface area contributed by atoms with Crippen molar-refractivity contribution in [3.8, 4) is 12.3 Å². The maximum absolute atomic E-state index is 12.1. The number of piperidine rings is 1. The SMILES string of the molecule is C#CC(O)C1CCN(C(=O)OC(C)(C)C)CC1OCOC. The lowest BCUT2D eigenvalue weighted by Crippen LogP contribution is -2.51. The third kappa shape index (κ3) is 5.54. The topological polar surface area (TPSA) is 68.2 Å². The van der Waals surface area contributed by atoms with Crippen molar-refractivity contribution in [1.82, 2.24) is 4.90 Å². The van der Waals surface area contributed by atoms with Crippen molar-refractivity contribution in [3.63, 3.8) is 0 Å². The zero-order chi connectivity index (χ0) is 16.0. The van der Waals surface area contributed by atoms with Gasteiger partial charge in [0.2, 0.25) is 0 Å². The van der Waals surface area contributed by atoms with Gasteiger partial charge in [0, 0.05) is 19.6 Å². The summed E-state index contributed by atoms with van der Waals surface area (Å²) >= 11 is 0. The van der Waals surface area contributed by atoms with Gasteiger partial charge >= 0.3 is 6.09 Å². The molecule has 0 spiro atoms. The first-order chi connectivity index (χ1) is 9.78. The van der Waals surface area contributed by atoms with Gasteiger partial charge in [-0.3, -0.25) is 0 Å². The Balaban J connectivity index is 2.69. The molecule has 1 heterocycles. The van der Waals surface area contributed by atoms with Crippen molar-refractivity contribution in [2.75, 3.05) is 27.0 Å². The summed E-state index contributed by atoms with van der Waals surface area (Å²) in [5.41, 5.74) is -0.546. The Hall–Kier alpha value is -1.29. The number of carbonyl (C=O) groups is 1. The molecular weight excluding hydrogens is 274 g/mol. The highest BCUT2D eigenvalue weighted by Gasteiger charge is 2.37. The standard InChI is InChI=1S/C15H25NO5/c1-6-12(17)11-7-8-16(9-13(11)20-10-19-5)14(18)21-15(2,3)4/h1,11-13,17H,7-10H2,2-5H3. The van der Waals surface area contributed by atoms with E-state index >= 15 is 0 Å². The van der Waals surface area contributed by atoms with Gasteiger partial charge in [0.25, 0.3) is 0 Å². The number of amides is 1. The largest absolute Gasteiger partial charge is 0.444 e. The summed E-state index contributed by atoms with van der Waals surface area (Å²) in [6.07, 6.45) is 4.17. The third-order valence-electron chi connectivity index (χ3n) is 3.24. The van der Waals surface area contributed by atoms with Gasteiger partial charge in [-0.2, -0.15) is 0 Å². The van der Waals surface area contributed by atoms with Crippen LogP contribution in [0.15, 0.2) is 0 Å². The van der Waals surface area contributed by atoms with Crippen LogP contribution >= 0.6 is 0 Å². The van der Waals surface area contributed by atoms with E-state index in [1.807, 2.05) is 20.8 Å². The van der Waals surface area contributed by atoms with Crippen LogP contribution in [0.3, 0.4) is 0 Å². The molecule has 0 aromatic heterocycles. The minimum absolute atomic E-state index is 0.0839. The zero-order valence-corrected chi connectivity index (χ0v) is 13.2. The molecule has 6 nitrogen and oxygen atoms in total. The Kier molecular flexibility index (Phi) is 6.46. The van der Waals surface area contributed by atoms with Crippen LogP contribution in [-0.4, -0.2) is 60.9 Å². The fourth-order valence-corrected chi connectivity index (χ4v) is 2.24. The third-order valence-corrected chi connectivity index (χ3v) is 3.24. The second-order valence-electron chi connectivity index (χ2n) is 6.10. The maximum Gasteiger partial charge on any atom is 0.410 e.